The van der Waals surface area contributed by atoms with Crippen molar-refractivity contribution in [1.82, 2.24) is 24.7 Å². The third kappa shape index (κ3) is 3.43. The van der Waals surface area contributed by atoms with E-state index in [1.54, 1.807) is 0 Å². The van der Waals surface area contributed by atoms with Crippen LogP contribution < -0.4 is 5.32 Å². The molecule has 0 bridgehead atoms. The second kappa shape index (κ2) is 6.95. The average molecular weight is 293 g/mol. The van der Waals surface area contributed by atoms with Gasteiger partial charge >= 0.3 is 0 Å². The van der Waals surface area contributed by atoms with Crippen molar-refractivity contribution in [3.05, 3.63) is 28.0 Å². The molecule has 1 N–H and O–H groups in total. The molecular weight excluding hydrogens is 270 g/mol. The molecule has 2 rings (SSSR count). The van der Waals surface area contributed by atoms with Gasteiger partial charge in [-0.15, -0.1) is 5.10 Å². The summed E-state index contributed by atoms with van der Waals surface area (Å²) in [5, 5.41) is 12.3. The van der Waals surface area contributed by atoms with Crippen LogP contribution in [0, 0.1) is 6.92 Å². The summed E-state index contributed by atoms with van der Waals surface area (Å²) in [6.45, 7) is 7.28. The maximum Gasteiger partial charge on any atom is 0.0803 e. The minimum absolute atomic E-state index is 0.274. The molecule has 0 amide bonds. The summed E-state index contributed by atoms with van der Waals surface area (Å²) in [5.41, 5.74) is 3.44. The molecule has 2 aromatic rings. The van der Waals surface area contributed by atoms with Crippen LogP contribution in [-0.4, -0.2) is 25.9 Å². The zero-order valence-electron chi connectivity index (χ0n) is 12.7. The Balaban J connectivity index is 2.22. The molecule has 0 aliphatic rings. The number of likely N-dealkylation sites (N-methyl/N-ethyl adjacent to an activating group) is 1. The second-order valence-corrected chi connectivity index (χ2v) is 5.83. The Hall–Kier alpha value is -1.27. The smallest absolute Gasteiger partial charge is 0.0803 e. The van der Waals surface area contributed by atoms with Crippen LogP contribution in [0.3, 0.4) is 0 Å². The summed E-state index contributed by atoms with van der Waals surface area (Å²) in [5.74, 6) is 0. The molecular formula is C14H23N5S. The Morgan fingerprint density at radius 1 is 1.40 bits per heavy atom. The van der Waals surface area contributed by atoms with Gasteiger partial charge in [-0.05, 0) is 37.5 Å². The zero-order valence-corrected chi connectivity index (χ0v) is 13.5. The molecule has 0 aliphatic carbocycles. The van der Waals surface area contributed by atoms with Crippen molar-refractivity contribution < 1.29 is 0 Å². The third-order valence-corrected chi connectivity index (χ3v) is 4.23. The normalized spacial score (nSPS) is 12.8. The molecule has 1 atom stereocenters. The van der Waals surface area contributed by atoms with E-state index in [1.807, 2.05) is 18.7 Å². The highest BCUT2D eigenvalue weighted by molar-refractivity contribution is 7.05. The number of aryl methyl sites for hydroxylation is 3. The molecule has 1 unspecified atom stereocenters. The van der Waals surface area contributed by atoms with Gasteiger partial charge < -0.3 is 5.32 Å². The molecule has 0 spiro atoms. The van der Waals surface area contributed by atoms with Gasteiger partial charge in [-0.2, -0.15) is 5.10 Å². The highest BCUT2D eigenvalue weighted by atomic mass is 32.1. The van der Waals surface area contributed by atoms with Crippen molar-refractivity contribution >= 4 is 11.5 Å². The Labute approximate surface area is 124 Å². The summed E-state index contributed by atoms with van der Waals surface area (Å²) < 4.78 is 6.11. The number of hydrogen-bond donors (Lipinski definition) is 1. The van der Waals surface area contributed by atoms with Crippen molar-refractivity contribution in [2.75, 3.05) is 6.54 Å². The van der Waals surface area contributed by atoms with E-state index in [9.17, 15) is 0 Å². The predicted molar refractivity (Wildman–Crippen MR) is 82.0 cm³/mol. The van der Waals surface area contributed by atoms with Crippen molar-refractivity contribution in [3.63, 3.8) is 0 Å². The van der Waals surface area contributed by atoms with Crippen LogP contribution >= 0.6 is 11.5 Å². The second-order valence-electron chi connectivity index (χ2n) is 5.05. The van der Waals surface area contributed by atoms with Gasteiger partial charge in [0.2, 0.25) is 0 Å². The van der Waals surface area contributed by atoms with Gasteiger partial charge in [0.25, 0.3) is 0 Å². The molecule has 20 heavy (non-hydrogen) atoms. The first-order valence-corrected chi connectivity index (χ1v) is 7.97. The van der Waals surface area contributed by atoms with Gasteiger partial charge in [0.05, 0.1) is 22.3 Å². The zero-order chi connectivity index (χ0) is 14.5. The number of hydrogen-bond acceptors (Lipinski definition) is 5. The molecule has 6 heteroatoms. The van der Waals surface area contributed by atoms with E-state index < -0.39 is 0 Å². The molecule has 2 aromatic heterocycles. The molecule has 0 saturated carbocycles. The predicted octanol–water partition coefficient (Wildman–Crippen LogP) is 2.43. The van der Waals surface area contributed by atoms with Crippen LogP contribution in [0.4, 0.5) is 0 Å². The topological polar surface area (TPSA) is 55.6 Å². The van der Waals surface area contributed by atoms with Gasteiger partial charge in [0.1, 0.15) is 0 Å². The summed E-state index contributed by atoms with van der Waals surface area (Å²) in [4.78, 5) is 1.27. The Bertz CT molecular complexity index is 546. The lowest BCUT2D eigenvalue weighted by atomic mass is 10.1. The van der Waals surface area contributed by atoms with E-state index in [-0.39, 0.29) is 6.04 Å². The minimum Gasteiger partial charge on any atom is -0.309 e. The van der Waals surface area contributed by atoms with Crippen molar-refractivity contribution in [1.29, 1.82) is 0 Å². The summed E-state index contributed by atoms with van der Waals surface area (Å²) in [6, 6.07) is 2.43. The standard InChI is InChI=1S/C14H23N5S/c1-5-7-12-14(20-18-16-12)13(15-6-2)9-11-8-10(3)17-19(11)4/h8,13,15H,5-7,9H2,1-4H3. The molecule has 0 saturated heterocycles. The number of nitrogens with one attached hydrogen (secondary N) is 1. The highest BCUT2D eigenvalue weighted by Crippen LogP contribution is 2.25. The summed E-state index contributed by atoms with van der Waals surface area (Å²) >= 11 is 1.52. The number of rotatable bonds is 7. The van der Waals surface area contributed by atoms with Crippen LogP contribution in [0.2, 0.25) is 0 Å². The van der Waals surface area contributed by atoms with Crippen LogP contribution in [0.1, 0.15) is 48.3 Å². The summed E-state index contributed by atoms with van der Waals surface area (Å²) in [6.07, 6.45) is 3.02. The first kappa shape index (κ1) is 15.1. The lowest BCUT2D eigenvalue weighted by Gasteiger charge is -2.17. The molecule has 5 nitrogen and oxygen atoms in total. The maximum atomic E-state index is 4.43. The fraction of sp³-hybridized carbons (Fsp3) is 0.643. The molecule has 0 fully saturated rings. The third-order valence-electron chi connectivity index (χ3n) is 3.35. The van der Waals surface area contributed by atoms with E-state index in [0.717, 1.165) is 37.2 Å². The molecule has 0 radical (unpaired) electrons. The van der Waals surface area contributed by atoms with Gasteiger partial charge in [-0.25, -0.2) is 0 Å². The molecule has 0 aliphatic heterocycles. The molecule has 2 heterocycles. The van der Waals surface area contributed by atoms with Crippen molar-refractivity contribution in [2.45, 2.75) is 46.1 Å². The van der Waals surface area contributed by atoms with Crippen molar-refractivity contribution in [3.8, 4) is 0 Å². The van der Waals surface area contributed by atoms with E-state index >= 15 is 0 Å². The van der Waals surface area contributed by atoms with E-state index in [4.69, 9.17) is 0 Å². The Kier molecular flexibility index (Phi) is 5.25. The van der Waals surface area contributed by atoms with Gasteiger partial charge in [-0.3, -0.25) is 4.68 Å². The SMILES string of the molecule is CCCc1nnsc1C(Cc1cc(C)nn1C)NCC. The Morgan fingerprint density at radius 2 is 2.20 bits per heavy atom. The largest absolute Gasteiger partial charge is 0.309 e. The van der Waals surface area contributed by atoms with Crippen LogP contribution in [0.5, 0.6) is 0 Å². The van der Waals surface area contributed by atoms with Crippen LogP contribution in [0.15, 0.2) is 6.07 Å². The minimum atomic E-state index is 0.274. The molecule has 110 valence electrons. The fourth-order valence-corrected chi connectivity index (χ4v) is 3.23. The highest BCUT2D eigenvalue weighted by Gasteiger charge is 2.20. The van der Waals surface area contributed by atoms with Crippen molar-refractivity contribution in [2.24, 2.45) is 7.05 Å². The van der Waals surface area contributed by atoms with Gasteiger partial charge in [0.15, 0.2) is 0 Å². The Morgan fingerprint density at radius 3 is 2.80 bits per heavy atom. The summed E-state index contributed by atoms with van der Waals surface area (Å²) in [7, 11) is 2.00. The van der Waals surface area contributed by atoms with Gasteiger partial charge in [-0.1, -0.05) is 24.8 Å². The lowest BCUT2D eigenvalue weighted by molar-refractivity contribution is 0.531. The number of aromatic nitrogens is 4. The number of nitrogens with zero attached hydrogens (tertiary/aromatic N) is 4. The van der Waals surface area contributed by atoms with Crippen LogP contribution in [0.25, 0.3) is 0 Å². The first-order chi connectivity index (χ1) is 9.65. The first-order valence-electron chi connectivity index (χ1n) is 7.19. The van der Waals surface area contributed by atoms with E-state index in [0.29, 0.717) is 0 Å². The van der Waals surface area contributed by atoms with E-state index in [1.165, 1.54) is 22.1 Å². The lowest BCUT2D eigenvalue weighted by Crippen LogP contribution is -2.24. The average Bonchev–Trinajstić information content (AvgIpc) is 2.97. The quantitative estimate of drug-likeness (QED) is 0.852. The monoisotopic (exact) mass is 293 g/mol. The van der Waals surface area contributed by atoms with Gasteiger partial charge in [0, 0.05) is 19.2 Å². The maximum absolute atomic E-state index is 4.43. The molecule has 0 aromatic carbocycles. The van der Waals surface area contributed by atoms with Crippen LogP contribution in [-0.2, 0) is 19.9 Å². The fourth-order valence-electron chi connectivity index (χ4n) is 2.46. The van der Waals surface area contributed by atoms with E-state index in [2.05, 4.69) is 39.9 Å².